The fourth-order valence-electron chi connectivity index (χ4n) is 3.78. The summed E-state index contributed by atoms with van der Waals surface area (Å²) in [7, 11) is 0. The summed E-state index contributed by atoms with van der Waals surface area (Å²) in [6, 6.07) is 20.4. The molecule has 160 valence electrons. The Balaban J connectivity index is 1.50. The van der Waals surface area contributed by atoms with Gasteiger partial charge in [-0.05, 0) is 35.4 Å². The molecule has 7 heteroatoms. The van der Waals surface area contributed by atoms with Crippen LogP contribution in [0.4, 0.5) is 0 Å². The highest BCUT2D eigenvalue weighted by Crippen LogP contribution is 2.24. The zero-order valence-electron chi connectivity index (χ0n) is 17.0. The molecule has 2 aromatic carbocycles. The molecule has 1 saturated heterocycles. The average molecular weight is 438 g/mol. The van der Waals surface area contributed by atoms with Crippen molar-refractivity contribution in [2.75, 3.05) is 32.8 Å². The molecular formula is C24H24ClN3O3. The number of aromatic amines is 1. The number of rotatable bonds is 6. The summed E-state index contributed by atoms with van der Waals surface area (Å²) < 4.78 is 5.47. The maximum absolute atomic E-state index is 12.8. The van der Waals surface area contributed by atoms with Crippen molar-refractivity contribution in [1.29, 1.82) is 0 Å². The molecule has 0 saturated carbocycles. The molecule has 0 radical (unpaired) electrons. The molecule has 1 aliphatic heterocycles. The van der Waals surface area contributed by atoms with E-state index in [0.717, 1.165) is 24.2 Å². The fraction of sp³-hybridized carbons (Fsp3) is 0.250. The van der Waals surface area contributed by atoms with Crippen molar-refractivity contribution in [3.8, 4) is 11.3 Å². The Hall–Kier alpha value is -2.93. The molecule has 1 aromatic heterocycles. The number of amides is 1. The van der Waals surface area contributed by atoms with Crippen LogP contribution in [0.1, 0.15) is 22.0 Å². The van der Waals surface area contributed by atoms with E-state index < -0.39 is 11.5 Å². The fourth-order valence-corrected chi connectivity index (χ4v) is 3.98. The summed E-state index contributed by atoms with van der Waals surface area (Å²) in [4.78, 5) is 30.4. The minimum Gasteiger partial charge on any atom is -0.379 e. The lowest BCUT2D eigenvalue weighted by Gasteiger charge is -2.35. The SMILES string of the molecule is O=C(NCC(c1cccc(Cl)c1)N1CCOCC1)c1ccc(-c2ccccc2)[nH]c1=O. The Morgan fingerprint density at radius 3 is 2.55 bits per heavy atom. The van der Waals surface area contributed by atoms with Crippen LogP contribution in [0.5, 0.6) is 0 Å². The summed E-state index contributed by atoms with van der Waals surface area (Å²) in [5, 5.41) is 3.58. The molecule has 31 heavy (non-hydrogen) atoms. The molecule has 1 atom stereocenters. The number of halogens is 1. The maximum Gasteiger partial charge on any atom is 0.261 e. The van der Waals surface area contributed by atoms with Crippen LogP contribution in [0, 0.1) is 0 Å². The van der Waals surface area contributed by atoms with Crippen LogP contribution in [0.2, 0.25) is 5.02 Å². The second-order valence-corrected chi connectivity index (χ2v) is 7.85. The molecule has 1 amide bonds. The molecule has 4 rings (SSSR count). The molecule has 6 nitrogen and oxygen atoms in total. The van der Waals surface area contributed by atoms with Crippen molar-refractivity contribution in [2.24, 2.45) is 0 Å². The van der Waals surface area contributed by atoms with E-state index in [1.165, 1.54) is 0 Å². The number of morpholine rings is 1. The van der Waals surface area contributed by atoms with Crippen molar-refractivity contribution in [2.45, 2.75) is 6.04 Å². The third-order valence-corrected chi connectivity index (χ3v) is 5.65. The first-order chi connectivity index (χ1) is 15.1. The number of aromatic nitrogens is 1. The Kier molecular flexibility index (Phi) is 6.82. The van der Waals surface area contributed by atoms with Gasteiger partial charge in [-0.3, -0.25) is 14.5 Å². The Labute approximate surface area is 185 Å². The summed E-state index contributed by atoms with van der Waals surface area (Å²) in [6.45, 7) is 3.18. The number of pyridine rings is 1. The monoisotopic (exact) mass is 437 g/mol. The first-order valence-electron chi connectivity index (χ1n) is 10.3. The van der Waals surface area contributed by atoms with Gasteiger partial charge < -0.3 is 15.0 Å². The van der Waals surface area contributed by atoms with E-state index in [0.29, 0.717) is 30.5 Å². The van der Waals surface area contributed by atoms with Crippen molar-refractivity contribution < 1.29 is 9.53 Å². The average Bonchev–Trinajstić information content (AvgIpc) is 2.80. The number of hydrogen-bond donors (Lipinski definition) is 2. The third kappa shape index (κ3) is 5.22. The number of carbonyl (C=O) groups is 1. The number of hydrogen-bond acceptors (Lipinski definition) is 4. The van der Waals surface area contributed by atoms with E-state index in [2.05, 4.69) is 15.2 Å². The van der Waals surface area contributed by atoms with Crippen LogP contribution in [-0.2, 0) is 4.74 Å². The van der Waals surface area contributed by atoms with Gasteiger partial charge >= 0.3 is 0 Å². The van der Waals surface area contributed by atoms with Crippen LogP contribution in [0.15, 0.2) is 71.5 Å². The lowest BCUT2D eigenvalue weighted by atomic mass is 10.0. The first kappa shape index (κ1) is 21.3. The van der Waals surface area contributed by atoms with Crippen LogP contribution >= 0.6 is 11.6 Å². The number of nitrogens with one attached hydrogen (secondary N) is 2. The molecule has 0 aliphatic carbocycles. The summed E-state index contributed by atoms with van der Waals surface area (Å²) in [5.74, 6) is -0.402. The zero-order chi connectivity index (χ0) is 21.6. The van der Waals surface area contributed by atoms with Crippen molar-refractivity contribution in [3.05, 3.63) is 93.2 Å². The van der Waals surface area contributed by atoms with Crippen LogP contribution in [0.25, 0.3) is 11.3 Å². The normalized spacial score (nSPS) is 15.4. The molecule has 1 unspecified atom stereocenters. The minimum absolute atomic E-state index is 0.0609. The number of nitrogens with zero attached hydrogens (tertiary/aromatic N) is 1. The van der Waals surface area contributed by atoms with Gasteiger partial charge in [-0.1, -0.05) is 54.1 Å². The van der Waals surface area contributed by atoms with Crippen LogP contribution in [0.3, 0.4) is 0 Å². The highest BCUT2D eigenvalue weighted by atomic mass is 35.5. The highest BCUT2D eigenvalue weighted by Gasteiger charge is 2.24. The smallest absolute Gasteiger partial charge is 0.261 e. The molecule has 1 aliphatic rings. The lowest BCUT2D eigenvalue weighted by Crippen LogP contribution is -2.44. The predicted molar refractivity (Wildman–Crippen MR) is 121 cm³/mol. The van der Waals surface area contributed by atoms with Gasteiger partial charge in [0.2, 0.25) is 0 Å². The summed E-state index contributed by atoms with van der Waals surface area (Å²) in [5.41, 5.74) is 2.26. The van der Waals surface area contributed by atoms with Gasteiger partial charge in [0.05, 0.1) is 19.3 Å². The molecule has 2 N–H and O–H groups in total. The number of ether oxygens (including phenoxy) is 1. The van der Waals surface area contributed by atoms with Crippen LogP contribution in [-0.4, -0.2) is 48.6 Å². The largest absolute Gasteiger partial charge is 0.379 e. The highest BCUT2D eigenvalue weighted by molar-refractivity contribution is 6.30. The van der Waals surface area contributed by atoms with Crippen molar-refractivity contribution in [3.63, 3.8) is 0 Å². The topological polar surface area (TPSA) is 74.4 Å². The summed E-state index contributed by atoms with van der Waals surface area (Å²) in [6.07, 6.45) is 0. The number of carbonyl (C=O) groups excluding carboxylic acids is 1. The molecule has 3 aromatic rings. The first-order valence-corrected chi connectivity index (χ1v) is 10.6. The van der Waals surface area contributed by atoms with Gasteiger partial charge in [-0.25, -0.2) is 0 Å². The van der Waals surface area contributed by atoms with Gasteiger partial charge in [0.1, 0.15) is 5.56 Å². The zero-order valence-corrected chi connectivity index (χ0v) is 17.8. The van der Waals surface area contributed by atoms with E-state index in [4.69, 9.17) is 16.3 Å². The third-order valence-electron chi connectivity index (χ3n) is 5.41. The predicted octanol–water partition coefficient (Wildman–Crippen LogP) is 3.50. The van der Waals surface area contributed by atoms with E-state index in [-0.39, 0.29) is 11.6 Å². The van der Waals surface area contributed by atoms with E-state index in [1.807, 2.05) is 54.6 Å². The van der Waals surface area contributed by atoms with Gasteiger partial charge in [0.15, 0.2) is 0 Å². The minimum atomic E-state index is -0.412. The maximum atomic E-state index is 12.8. The second-order valence-electron chi connectivity index (χ2n) is 7.41. The Morgan fingerprint density at radius 2 is 1.84 bits per heavy atom. The van der Waals surface area contributed by atoms with Crippen molar-refractivity contribution in [1.82, 2.24) is 15.2 Å². The van der Waals surface area contributed by atoms with Gasteiger partial charge in [-0.15, -0.1) is 0 Å². The van der Waals surface area contributed by atoms with E-state index in [9.17, 15) is 9.59 Å². The lowest BCUT2D eigenvalue weighted by molar-refractivity contribution is 0.0162. The number of H-pyrrole nitrogens is 1. The molecule has 1 fully saturated rings. The Bertz CT molecular complexity index is 1090. The molecule has 2 heterocycles. The summed E-state index contributed by atoms with van der Waals surface area (Å²) >= 11 is 6.20. The molecule has 0 bridgehead atoms. The molecular weight excluding hydrogens is 414 g/mol. The van der Waals surface area contributed by atoms with E-state index in [1.54, 1.807) is 12.1 Å². The Morgan fingerprint density at radius 1 is 1.06 bits per heavy atom. The van der Waals surface area contributed by atoms with Gasteiger partial charge in [0.25, 0.3) is 11.5 Å². The van der Waals surface area contributed by atoms with Gasteiger partial charge in [-0.2, -0.15) is 0 Å². The molecule has 0 spiro atoms. The van der Waals surface area contributed by atoms with Gasteiger partial charge in [0, 0.05) is 30.4 Å². The van der Waals surface area contributed by atoms with Crippen molar-refractivity contribution >= 4 is 17.5 Å². The second kappa shape index (κ2) is 9.92. The standard InChI is InChI=1S/C24H24ClN3O3/c25-19-8-4-7-18(15-19)22(28-11-13-31-14-12-28)16-26-23(29)20-9-10-21(27-24(20)30)17-5-2-1-3-6-17/h1-10,15,22H,11-14,16H2,(H,26,29)(H,27,30). The quantitative estimate of drug-likeness (QED) is 0.619. The van der Waals surface area contributed by atoms with E-state index >= 15 is 0 Å². The van der Waals surface area contributed by atoms with Crippen LogP contribution < -0.4 is 10.9 Å². The number of benzene rings is 2.